The minimum Gasteiger partial charge on any atom is -0.508 e. The van der Waals surface area contributed by atoms with Crippen LogP contribution in [0.15, 0.2) is 84.9 Å². The Kier molecular flexibility index (Phi) is 24.2. The third-order valence-electron chi connectivity index (χ3n) is 20.1. The van der Waals surface area contributed by atoms with Gasteiger partial charge in [-0.3, -0.25) is 33.6 Å². The van der Waals surface area contributed by atoms with Gasteiger partial charge < -0.3 is 143 Å². The van der Waals surface area contributed by atoms with Crippen molar-refractivity contribution in [2.75, 3.05) is 13.7 Å². The number of aromatic hydroxyl groups is 3. The number of primary amides is 1. The molecule has 5 aromatic carbocycles. The Labute approximate surface area is 633 Å². The second-order valence-corrected chi connectivity index (χ2v) is 29.5. The number of rotatable bonds is 15. The lowest BCUT2D eigenvalue weighted by Crippen LogP contribution is -2.64. The lowest BCUT2D eigenvalue weighted by molar-refractivity contribution is -0.333. The zero-order valence-corrected chi connectivity index (χ0v) is 61.1. The van der Waals surface area contributed by atoms with E-state index < -0.39 is 256 Å². The number of aliphatic carboxylic acids is 1. The number of carboxylic acid groups (broad SMARTS) is 1. The number of phenolic OH excluding ortho intramolecular Hbond substituents is 3. The number of aliphatic hydroxyl groups is 6. The van der Waals surface area contributed by atoms with E-state index >= 15 is 19.2 Å². The lowest BCUT2D eigenvalue weighted by Gasteiger charge is -2.47. The summed E-state index contributed by atoms with van der Waals surface area (Å²) in [6, 6.07) is 1.30. The zero-order chi connectivity index (χ0) is 80.0. The first-order chi connectivity index (χ1) is 51.9. The van der Waals surface area contributed by atoms with Crippen molar-refractivity contribution in [3.63, 3.8) is 0 Å². The van der Waals surface area contributed by atoms with Gasteiger partial charge in [-0.25, -0.2) is 4.79 Å². The van der Waals surface area contributed by atoms with Crippen LogP contribution in [0.2, 0.25) is 5.02 Å². The number of hydrogen-bond donors (Lipinski definition) is 20. The monoisotopic (exact) mass is 1560 g/mol. The fraction of sp³-hybridized carbons (Fsp3) is 0.479. The summed E-state index contributed by atoms with van der Waals surface area (Å²) in [4.78, 5) is 120. The summed E-state index contributed by atoms with van der Waals surface area (Å²) in [5, 5.41) is 133. The van der Waals surface area contributed by atoms with Gasteiger partial charge in [-0.2, -0.15) is 0 Å². The normalized spacial score (nSPS) is 32.2. The fourth-order valence-electron chi connectivity index (χ4n) is 14.3. The molecule has 0 aromatic heterocycles. The van der Waals surface area contributed by atoms with Crippen LogP contribution in [0.4, 0.5) is 0 Å². The van der Waals surface area contributed by atoms with Gasteiger partial charge in [0.2, 0.25) is 53.4 Å². The molecule has 0 saturated carbocycles. The molecule has 110 heavy (non-hydrogen) atoms. The molecule has 0 spiro atoms. The van der Waals surface area contributed by atoms with Crippen LogP contribution in [-0.4, -0.2) is 215 Å². The van der Waals surface area contributed by atoms with E-state index in [1.54, 1.807) is 0 Å². The van der Waals surface area contributed by atoms with Crippen LogP contribution < -0.4 is 68.6 Å². The Morgan fingerprint density at radius 3 is 1.88 bits per heavy atom. The minimum absolute atomic E-state index is 0.0476. The number of likely N-dealkylation sites (N-methyl/N-ethyl adjacent to an activating group) is 1. The van der Waals surface area contributed by atoms with Crippen molar-refractivity contribution in [1.29, 1.82) is 0 Å². The number of carbonyl (C=O) groups is 8. The zero-order valence-electron chi connectivity index (χ0n) is 60.4. The number of ether oxygens (including phenoxy) is 8. The molecular weight excluding hydrogens is 1470 g/mol. The third-order valence-corrected chi connectivity index (χ3v) is 20.4. The number of carboxylic acids is 1. The average molecular weight is 1560 g/mol. The molecule has 8 heterocycles. The highest BCUT2D eigenvalue weighted by Crippen LogP contribution is 2.50. The van der Waals surface area contributed by atoms with Crippen molar-refractivity contribution in [3.05, 3.63) is 118 Å². The van der Waals surface area contributed by atoms with E-state index in [0.717, 1.165) is 42.5 Å². The van der Waals surface area contributed by atoms with Crippen LogP contribution >= 0.6 is 11.6 Å². The number of nitrogens with two attached hydrogens (primary N) is 3. The fourth-order valence-corrected chi connectivity index (χ4v) is 14.5. The average Bonchev–Trinajstić information content (AvgIpc) is 1.27. The molecule has 13 rings (SSSR count). The molecule has 7 amide bonds. The molecule has 23 N–H and O–H groups in total. The van der Waals surface area contributed by atoms with E-state index in [-0.39, 0.29) is 52.8 Å². The van der Waals surface area contributed by atoms with Crippen LogP contribution in [0.3, 0.4) is 0 Å². The van der Waals surface area contributed by atoms with E-state index in [2.05, 4.69) is 37.2 Å². The Balaban J connectivity index is 1.19. The van der Waals surface area contributed by atoms with Crippen molar-refractivity contribution < 1.29 is 127 Å². The van der Waals surface area contributed by atoms with E-state index in [1.807, 2.05) is 13.8 Å². The van der Waals surface area contributed by atoms with Crippen LogP contribution in [-0.2, 0) is 62.0 Å². The molecule has 9 bridgehead atoms. The van der Waals surface area contributed by atoms with Crippen LogP contribution in [0.25, 0.3) is 11.1 Å². The number of fused-ring (bicyclic) bond motifs is 14. The largest absolute Gasteiger partial charge is 0.508 e. The van der Waals surface area contributed by atoms with Crippen LogP contribution in [0.1, 0.15) is 125 Å². The highest BCUT2D eigenvalue weighted by Gasteiger charge is 2.52. The highest BCUT2D eigenvalue weighted by atomic mass is 35.5. The van der Waals surface area contributed by atoms with Gasteiger partial charge in [0, 0.05) is 46.7 Å². The summed E-state index contributed by atoms with van der Waals surface area (Å²) in [6.07, 6.45) is -22.5. The second kappa shape index (κ2) is 32.8. The van der Waals surface area contributed by atoms with Gasteiger partial charge in [0.15, 0.2) is 36.2 Å². The van der Waals surface area contributed by atoms with E-state index in [9.17, 15) is 70.2 Å². The number of hydrogen-bond acceptors (Lipinski definition) is 28. The molecule has 3 fully saturated rings. The molecule has 594 valence electrons. The highest BCUT2D eigenvalue weighted by molar-refractivity contribution is 6.32. The number of carbonyl (C=O) groups excluding carboxylic acids is 7. The molecule has 5 aromatic rings. The van der Waals surface area contributed by atoms with Crippen LogP contribution in [0, 0.1) is 5.92 Å². The molecule has 0 aliphatic carbocycles. The maximum atomic E-state index is 16.5. The van der Waals surface area contributed by atoms with Crippen molar-refractivity contribution in [2.24, 2.45) is 23.1 Å². The summed E-state index contributed by atoms with van der Waals surface area (Å²) in [5.41, 5.74) is 13.1. The summed E-state index contributed by atoms with van der Waals surface area (Å²) in [6.45, 7) is 8.64. The number of benzene rings is 5. The first kappa shape index (κ1) is 81.4. The summed E-state index contributed by atoms with van der Waals surface area (Å²) in [7, 11) is 1.47. The standard InChI is InChI=1S/C73H89ClN10O26/c1-27(2)17-38(78-7)64(95)83-54-56(90)31-13-16-42(37(74)18-31)106-44-20-32-19-43(60(44)110-71-61(58(92)57(91)45(26-85)107-71)109-48-25-73(6,77)63(94)29(4)104-48)105-34-14-11-30(12-15-34)59(108-47-24-72(5,76)62(93)28(3)103-47)55-69(100)82-53(70(101)102)36-21-33(86)22-41(88)50(36)49-35(9-8-10-40(49)87)52(67(98)84-55)81-66(97)51(32)80-65(96)39(23-46(75)89)79-68(54)99/h8-16,18-22,27-29,38-39,45,47-48,51-59,61-63,71,78,85-88,90-94H,17,23-26,76-77H2,1-7H3,(H2,75,89)(H,79,99)(H,80,96)(H,81,97)(H,82,100)(H,83,95)(H,84,98)(H,101,102)/t28-,29+,38?,39?,45-,47-,48+,51?,52?,53?,54?,55?,56?,57-,58+,59?,61-,62-,63-,71+,72?,73+/m1/s1. The van der Waals surface area contributed by atoms with Crippen molar-refractivity contribution >= 4 is 58.9 Å². The lowest BCUT2D eigenvalue weighted by atomic mass is 9.86. The van der Waals surface area contributed by atoms with Gasteiger partial charge in [-0.15, -0.1) is 0 Å². The molecular formula is C73H89ClN10O26. The Morgan fingerprint density at radius 2 is 1.28 bits per heavy atom. The molecule has 10 unspecified atom stereocenters. The van der Waals surface area contributed by atoms with E-state index in [4.69, 9.17) is 66.7 Å². The first-order valence-electron chi connectivity index (χ1n) is 35.2. The number of nitrogens with one attached hydrogen (secondary N) is 7. The molecule has 22 atom stereocenters. The van der Waals surface area contributed by atoms with Gasteiger partial charge in [0.25, 0.3) is 0 Å². The maximum absolute atomic E-state index is 16.5. The van der Waals surface area contributed by atoms with Gasteiger partial charge >= 0.3 is 5.97 Å². The van der Waals surface area contributed by atoms with Crippen molar-refractivity contribution in [1.82, 2.24) is 37.2 Å². The first-order valence-corrected chi connectivity index (χ1v) is 35.6. The Hall–Kier alpha value is -9.61. The number of halogens is 1. The smallest absolute Gasteiger partial charge is 0.330 e. The van der Waals surface area contributed by atoms with E-state index in [0.29, 0.717) is 0 Å². The van der Waals surface area contributed by atoms with E-state index in [1.165, 1.54) is 77.2 Å². The SMILES string of the molecule is CNC(CC(C)C)C(=O)NC1C(=O)NC(CC(N)=O)C(=O)NC2C(=O)NC3C(=O)NC(C(=O)NC(C(=O)O)c4cc(O)cc(O)c4-c4c(O)cccc43)C(O[C@@H]3CC(C)(N)[C@H](O)[C@@H](C)O3)c3ccc(cc3)Oc3cc2cc(c3O[C@@H]2O[C@H](CO)[C@@H](O)[C@H](O)[C@H]2O[C@H]2C[C@](C)(N)[C@H](O)[C@H](C)O2)Oc2ccc(cc2Cl)C1O. The molecule has 0 radical (unpaired) electrons. The maximum Gasteiger partial charge on any atom is 0.330 e. The molecule has 3 saturated heterocycles. The molecule has 8 aliphatic rings. The number of phenols is 3. The Bertz CT molecular complexity index is 4350. The van der Waals surface area contributed by atoms with Crippen molar-refractivity contribution in [3.8, 4) is 57.1 Å². The van der Waals surface area contributed by atoms with Gasteiger partial charge in [0.05, 0.1) is 48.5 Å². The number of aliphatic hydroxyl groups excluding tert-OH is 6. The predicted octanol–water partition coefficient (Wildman–Crippen LogP) is -0.310. The van der Waals surface area contributed by atoms with Crippen LogP contribution in [0.5, 0.6) is 46.0 Å². The molecule has 8 aliphatic heterocycles. The summed E-state index contributed by atoms with van der Waals surface area (Å²) < 4.78 is 51.7. The topological polar surface area (TPSA) is 575 Å². The quantitative estimate of drug-likeness (QED) is 0.0639. The summed E-state index contributed by atoms with van der Waals surface area (Å²) in [5.74, 6) is -16.0. The molecule has 37 heteroatoms. The van der Waals surface area contributed by atoms with Gasteiger partial charge in [-0.1, -0.05) is 55.8 Å². The van der Waals surface area contributed by atoms with Gasteiger partial charge in [-0.05, 0) is 118 Å². The third kappa shape index (κ3) is 17.1. The predicted molar refractivity (Wildman–Crippen MR) is 381 cm³/mol. The Morgan fingerprint density at radius 1 is 0.673 bits per heavy atom. The minimum atomic E-state index is -2.39. The summed E-state index contributed by atoms with van der Waals surface area (Å²) >= 11 is 7.14. The van der Waals surface area contributed by atoms with Crippen molar-refractivity contribution in [2.45, 2.75) is 201 Å². The number of amides is 7. The molecule has 36 nitrogen and oxygen atoms in total. The second-order valence-electron chi connectivity index (χ2n) is 29.1. The van der Waals surface area contributed by atoms with Gasteiger partial charge in [0.1, 0.15) is 89.5 Å².